The first-order valence-corrected chi connectivity index (χ1v) is 19.7. The van der Waals surface area contributed by atoms with Crippen LogP contribution in [0.1, 0.15) is 44.5 Å². The van der Waals surface area contributed by atoms with Crippen molar-refractivity contribution in [3.63, 3.8) is 0 Å². The van der Waals surface area contributed by atoms with Crippen LogP contribution in [0.4, 0.5) is 22.7 Å². The Kier molecular flexibility index (Phi) is 11.5. The van der Waals surface area contributed by atoms with Crippen molar-refractivity contribution in [1.29, 1.82) is 0 Å². The minimum absolute atomic E-state index is 0.0426. The number of benzene rings is 4. The SMILES string of the molecule is Cc1cc(C)c(N2[CH-]N(c3c(C)cc(C)cc3C)CC2)c(C)c1.O=[N+]([O-])c1ccc(N=Cc2ccccc2[CH]=[Ru]([Cl])[Cl])cc1. The molecular formula is C35H37Cl2N4O2Ru-. The van der Waals surface area contributed by atoms with E-state index in [1.54, 1.807) is 18.3 Å². The zero-order valence-electron chi connectivity index (χ0n) is 25.8. The van der Waals surface area contributed by atoms with Gasteiger partial charge in [0.2, 0.25) is 0 Å². The third-order valence-corrected chi connectivity index (χ3v) is 9.13. The molecule has 9 heteroatoms. The van der Waals surface area contributed by atoms with Gasteiger partial charge in [0.1, 0.15) is 0 Å². The van der Waals surface area contributed by atoms with Crippen LogP contribution in [-0.2, 0) is 13.5 Å². The number of nitro benzene ring substituents is 1. The molecule has 0 spiro atoms. The first-order chi connectivity index (χ1) is 20.9. The summed E-state index contributed by atoms with van der Waals surface area (Å²) in [5, 5.41) is 10.6. The molecule has 0 aromatic heterocycles. The Balaban J connectivity index is 0.000000202. The molecular weight excluding hydrogens is 680 g/mol. The van der Waals surface area contributed by atoms with Crippen LogP contribution < -0.4 is 9.80 Å². The summed E-state index contributed by atoms with van der Waals surface area (Å²) in [7, 11) is 11.8. The second-order valence-electron chi connectivity index (χ2n) is 11.0. The zero-order chi connectivity index (χ0) is 32.0. The van der Waals surface area contributed by atoms with E-state index >= 15 is 0 Å². The summed E-state index contributed by atoms with van der Waals surface area (Å²) in [4.78, 5) is 19.3. The molecule has 0 amide bonds. The van der Waals surface area contributed by atoms with E-state index in [1.165, 1.54) is 56.9 Å². The number of non-ortho nitro benzene ring substituents is 1. The van der Waals surface area contributed by atoms with Crippen LogP contribution in [-0.4, -0.2) is 28.8 Å². The number of aliphatic imine (C=N–C) groups is 1. The Hall–Kier alpha value is -3.38. The van der Waals surface area contributed by atoms with Crippen molar-refractivity contribution < 1.29 is 18.4 Å². The molecule has 0 N–H and O–H groups in total. The summed E-state index contributed by atoms with van der Waals surface area (Å²) < 4.78 is 1.85. The summed E-state index contributed by atoms with van der Waals surface area (Å²) in [6.45, 7) is 17.6. The number of hydrogen-bond acceptors (Lipinski definition) is 5. The van der Waals surface area contributed by atoms with Gasteiger partial charge in [-0.2, -0.15) is 6.67 Å². The average molecular weight is 718 g/mol. The van der Waals surface area contributed by atoms with E-state index < -0.39 is 18.4 Å². The van der Waals surface area contributed by atoms with Crippen molar-refractivity contribution in [1.82, 2.24) is 0 Å². The van der Waals surface area contributed by atoms with Crippen molar-refractivity contribution in [2.24, 2.45) is 4.99 Å². The zero-order valence-corrected chi connectivity index (χ0v) is 29.0. The number of nitro groups is 1. The Labute approximate surface area is 273 Å². The number of nitrogens with zero attached hydrogens (tertiary/aromatic N) is 4. The Morgan fingerprint density at radius 3 is 1.66 bits per heavy atom. The maximum atomic E-state index is 10.6. The van der Waals surface area contributed by atoms with Gasteiger partial charge in [0.25, 0.3) is 0 Å². The second-order valence-corrected chi connectivity index (χ2v) is 16.7. The molecule has 4 aromatic carbocycles. The minimum atomic E-state index is -1.90. The van der Waals surface area contributed by atoms with Crippen molar-refractivity contribution in [2.45, 2.75) is 41.5 Å². The summed E-state index contributed by atoms with van der Waals surface area (Å²) in [5.41, 5.74) is 13.4. The predicted molar refractivity (Wildman–Crippen MR) is 184 cm³/mol. The normalized spacial score (nSPS) is 13.1. The van der Waals surface area contributed by atoms with Crippen molar-refractivity contribution in [3.8, 4) is 0 Å². The molecule has 0 aliphatic carbocycles. The molecule has 0 bridgehead atoms. The van der Waals surface area contributed by atoms with Crippen LogP contribution in [0.25, 0.3) is 0 Å². The Bertz CT molecular complexity index is 1610. The van der Waals surface area contributed by atoms with Gasteiger partial charge in [-0.15, -0.1) is 0 Å². The van der Waals surface area contributed by atoms with Gasteiger partial charge in [-0.3, -0.25) is 0 Å². The van der Waals surface area contributed by atoms with Gasteiger partial charge < -0.3 is 9.80 Å². The Morgan fingerprint density at radius 2 is 1.23 bits per heavy atom. The molecule has 0 radical (unpaired) electrons. The number of hydrogen-bond donors (Lipinski definition) is 0. The third-order valence-electron chi connectivity index (χ3n) is 7.30. The van der Waals surface area contributed by atoms with Gasteiger partial charge >= 0.3 is 135 Å². The summed E-state index contributed by atoms with van der Waals surface area (Å²) in [6.07, 6.45) is 1.69. The standard InChI is InChI=1S/C21H27N2.C14H10N2O2.2ClH.Ru/c1-14-9-16(3)20(17(4)10-14)22-7-8-23(13-22)21-18(5)11-15(2)12-19(21)6;1-11-4-2-3-5-12(11)10-15-13-6-8-14(9-7-13)16(17)18;;;/h9-13H,7-8H2,1-6H3;1-10H;2*1H;/q-1;;;;+2/p-2. The van der Waals surface area contributed by atoms with Crippen LogP contribution in [0, 0.1) is 58.3 Å². The number of halogens is 2. The molecule has 1 fully saturated rings. The first kappa shape index (κ1) is 33.5. The van der Waals surface area contributed by atoms with Crippen LogP contribution in [0.3, 0.4) is 0 Å². The average Bonchev–Trinajstić information content (AvgIpc) is 3.40. The molecule has 44 heavy (non-hydrogen) atoms. The van der Waals surface area contributed by atoms with Crippen LogP contribution in [0.15, 0.2) is 77.8 Å². The quantitative estimate of drug-likeness (QED) is 0.0656. The number of aryl methyl sites for hydroxylation is 6. The second kappa shape index (κ2) is 15.1. The van der Waals surface area contributed by atoms with Crippen LogP contribution in [0.2, 0.25) is 0 Å². The number of rotatable bonds is 6. The summed E-state index contributed by atoms with van der Waals surface area (Å²) in [5.74, 6) is 0. The molecule has 1 aliphatic rings. The molecule has 6 nitrogen and oxygen atoms in total. The van der Waals surface area contributed by atoms with E-state index in [4.69, 9.17) is 19.4 Å². The third kappa shape index (κ3) is 8.62. The predicted octanol–water partition coefficient (Wildman–Crippen LogP) is 9.40. The molecule has 5 rings (SSSR count). The van der Waals surface area contributed by atoms with E-state index in [2.05, 4.69) is 87.3 Å². The van der Waals surface area contributed by atoms with Crippen molar-refractivity contribution in [3.05, 3.63) is 134 Å². The molecule has 1 aliphatic heterocycles. The van der Waals surface area contributed by atoms with Gasteiger partial charge in [-0.05, 0) is 63.8 Å². The maximum absolute atomic E-state index is 10.6. The summed E-state index contributed by atoms with van der Waals surface area (Å²) >= 11 is -1.90. The first-order valence-electron chi connectivity index (χ1n) is 14.2. The topological polar surface area (TPSA) is 62.0 Å². The van der Waals surface area contributed by atoms with Gasteiger partial charge in [-0.1, -0.05) is 35.4 Å². The van der Waals surface area contributed by atoms with Crippen LogP contribution >= 0.6 is 19.4 Å². The van der Waals surface area contributed by atoms with Gasteiger partial charge in [0.05, 0.1) is 0 Å². The number of anilines is 2. The molecule has 1 saturated heterocycles. The van der Waals surface area contributed by atoms with Gasteiger partial charge in [0.15, 0.2) is 0 Å². The van der Waals surface area contributed by atoms with E-state index in [0.717, 1.165) is 24.2 Å². The van der Waals surface area contributed by atoms with E-state index in [1.807, 2.05) is 28.9 Å². The van der Waals surface area contributed by atoms with Crippen molar-refractivity contribution in [2.75, 3.05) is 22.9 Å². The van der Waals surface area contributed by atoms with E-state index in [9.17, 15) is 10.1 Å². The summed E-state index contributed by atoms with van der Waals surface area (Å²) in [6, 6.07) is 22.8. The van der Waals surface area contributed by atoms with Crippen LogP contribution in [0.5, 0.6) is 0 Å². The molecule has 0 unspecified atom stereocenters. The van der Waals surface area contributed by atoms with Gasteiger partial charge in [0, 0.05) is 24.5 Å². The monoisotopic (exact) mass is 717 g/mol. The molecule has 0 saturated carbocycles. The molecule has 4 aromatic rings. The van der Waals surface area contributed by atoms with E-state index in [0.29, 0.717) is 5.69 Å². The van der Waals surface area contributed by atoms with Crippen molar-refractivity contribution >= 4 is 53.0 Å². The molecule has 232 valence electrons. The fraction of sp³-hybridized carbons (Fsp3) is 0.229. The molecule has 1 heterocycles. The Morgan fingerprint density at radius 1 is 0.773 bits per heavy atom. The fourth-order valence-corrected chi connectivity index (χ4v) is 7.55. The van der Waals surface area contributed by atoms with Gasteiger partial charge in [-0.25, -0.2) is 0 Å². The molecule has 0 atom stereocenters. The fourth-order valence-electron chi connectivity index (χ4n) is 5.70. The van der Waals surface area contributed by atoms with E-state index in [-0.39, 0.29) is 5.69 Å².